The molecule has 0 aliphatic heterocycles. The quantitative estimate of drug-likeness (QED) is 0.185. The summed E-state index contributed by atoms with van der Waals surface area (Å²) in [7, 11) is 0. The van der Waals surface area contributed by atoms with Gasteiger partial charge in [0.05, 0.1) is 17.9 Å². The van der Waals surface area contributed by atoms with E-state index in [2.05, 4.69) is 10.6 Å². The number of ether oxygens (including phenoxy) is 2. The first kappa shape index (κ1) is 33.0. The number of nitrogens with one attached hydrogen (secondary N) is 2. The van der Waals surface area contributed by atoms with Gasteiger partial charge in [-0.15, -0.1) is 0 Å². The molecule has 0 bridgehead atoms. The van der Waals surface area contributed by atoms with Gasteiger partial charge in [-0.2, -0.15) is 0 Å². The summed E-state index contributed by atoms with van der Waals surface area (Å²) in [5, 5.41) is 15.0. The van der Waals surface area contributed by atoms with Gasteiger partial charge < -0.3 is 19.9 Å². The second-order valence-corrected chi connectivity index (χ2v) is 11.5. The second-order valence-electron chi connectivity index (χ2n) is 11.5. The lowest BCUT2D eigenvalue weighted by Gasteiger charge is -2.26. The van der Waals surface area contributed by atoms with Crippen LogP contribution < -0.4 is 10.6 Å². The number of carbonyl (C=O) groups is 4. The molecule has 3 atom stereocenters. The van der Waals surface area contributed by atoms with Crippen molar-refractivity contribution in [3.8, 4) is 11.1 Å². The van der Waals surface area contributed by atoms with Gasteiger partial charge >= 0.3 is 17.9 Å². The maximum absolute atomic E-state index is 13.4. The van der Waals surface area contributed by atoms with Crippen LogP contribution in [0.25, 0.3) is 11.1 Å². The molecule has 9 nitrogen and oxygen atoms in total. The van der Waals surface area contributed by atoms with Gasteiger partial charge in [-0.05, 0) is 62.8 Å². The lowest BCUT2D eigenvalue weighted by Crippen LogP contribution is -2.54. The molecule has 0 radical (unpaired) electrons. The van der Waals surface area contributed by atoms with Crippen LogP contribution in [0.15, 0.2) is 84.9 Å². The van der Waals surface area contributed by atoms with Crippen molar-refractivity contribution >= 4 is 23.8 Å². The van der Waals surface area contributed by atoms with Crippen LogP contribution in [0, 0.1) is 5.41 Å². The molecule has 3 aromatic carbocycles. The molecule has 0 aliphatic rings. The number of carboxylic acid groups (broad SMARTS) is 1. The van der Waals surface area contributed by atoms with E-state index in [1.165, 1.54) is 0 Å². The first-order valence-corrected chi connectivity index (χ1v) is 14.2. The molecule has 3 rings (SSSR count). The van der Waals surface area contributed by atoms with Crippen LogP contribution in [0.5, 0.6) is 0 Å². The molecule has 43 heavy (non-hydrogen) atoms. The van der Waals surface area contributed by atoms with E-state index in [0.29, 0.717) is 0 Å². The Morgan fingerprint density at radius 2 is 1.28 bits per heavy atom. The Morgan fingerprint density at radius 1 is 0.744 bits per heavy atom. The predicted octanol–water partition coefficient (Wildman–Crippen LogP) is 4.54. The summed E-state index contributed by atoms with van der Waals surface area (Å²) in [6.07, 6.45) is 0.175. The Bertz CT molecular complexity index is 1350. The van der Waals surface area contributed by atoms with Crippen LogP contribution in [0.4, 0.5) is 0 Å². The van der Waals surface area contributed by atoms with Crippen LogP contribution in [0.3, 0.4) is 0 Å². The van der Waals surface area contributed by atoms with Crippen LogP contribution in [0.2, 0.25) is 0 Å². The van der Waals surface area contributed by atoms with Crippen molar-refractivity contribution in [2.45, 2.75) is 65.1 Å². The zero-order chi connectivity index (χ0) is 31.4. The summed E-state index contributed by atoms with van der Waals surface area (Å²) in [6, 6.07) is 24.4. The summed E-state index contributed by atoms with van der Waals surface area (Å²) in [4.78, 5) is 50.1. The van der Waals surface area contributed by atoms with Crippen LogP contribution in [-0.2, 0) is 41.5 Å². The second kappa shape index (κ2) is 15.7. The summed E-state index contributed by atoms with van der Waals surface area (Å²) < 4.78 is 10.5. The van der Waals surface area contributed by atoms with Crippen molar-refractivity contribution in [1.82, 2.24) is 10.6 Å². The van der Waals surface area contributed by atoms with E-state index in [0.717, 1.165) is 22.3 Å². The van der Waals surface area contributed by atoms with Gasteiger partial charge in [-0.25, -0.2) is 0 Å². The molecule has 3 aromatic rings. The van der Waals surface area contributed by atoms with Crippen molar-refractivity contribution in [3.63, 3.8) is 0 Å². The van der Waals surface area contributed by atoms with Crippen molar-refractivity contribution in [3.05, 3.63) is 96.1 Å². The number of aliphatic carboxylic acids is 1. The molecule has 0 saturated carbocycles. The topological polar surface area (TPSA) is 131 Å². The molecule has 3 N–H and O–H groups in total. The van der Waals surface area contributed by atoms with Gasteiger partial charge in [0, 0.05) is 6.04 Å². The van der Waals surface area contributed by atoms with Crippen LogP contribution in [0.1, 0.15) is 45.2 Å². The summed E-state index contributed by atoms with van der Waals surface area (Å²) >= 11 is 0. The Kier molecular flexibility index (Phi) is 12.0. The zero-order valence-electron chi connectivity index (χ0n) is 25.0. The summed E-state index contributed by atoms with van der Waals surface area (Å²) in [5.41, 5.74) is 2.97. The van der Waals surface area contributed by atoms with E-state index in [9.17, 15) is 19.2 Å². The van der Waals surface area contributed by atoms with Crippen molar-refractivity contribution in [2.75, 3.05) is 6.79 Å². The summed E-state index contributed by atoms with van der Waals surface area (Å²) in [5.74, 6) is -2.70. The minimum Gasteiger partial charge on any atom is -0.481 e. The smallest absolute Gasteiger partial charge is 0.326 e. The lowest BCUT2D eigenvalue weighted by atomic mass is 9.98. The van der Waals surface area contributed by atoms with Gasteiger partial charge in [0.15, 0.2) is 0 Å². The van der Waals surface area contributed by atoms with Gasteiger partial charge in [-0.3, -0.25) is 24.5 Å². The molecular weight excluding hydrogens is 548 g/mol. The highest BCUT2D eigenvalue weighted by Gasteiger charge is 2.30. The molecular formula is C34H40N2O7. The van der Waals surface area contributed by atoms with Gasteiger partial charge in [-0.1, -0.05) is 84.9 Å². The van der Waals surface area contributed by atoms with Crippen LogP contribution >= 0.6 is 0 Å². The largest absolute Gasteiger partial charge is 0.481 e. The SMILES string of the molecule is C[C@H](CC(=O)O)NC(=O)[C@H](Cc1ccccc1)NC(Cc1ccc(-c2ccccc2)cc1)C(=O)OCOC(=O)C(C)(C)C. The van der Waals surface area contributed by atoms with E-state index in [1.54, 1.807) is 27.7 Å². The monoisotopic (exact) mass is 588 g/mol. The van der Waals surface area contributed by atoms with Gasteiger partial charge in [0.25, 0.3) is 0 Å². The third kappa shape index (κ3) is 11.0. The highest BCUT2D eigenvalue weighted by atomic mass is 16.7. The molecule has 1 amide bonds. The summed E-state index contributed by atoms with van der Waals surface area (Å²) in [6.45, 7) is 6.12. The van der Waals surface area contributed by atoms with E-state index >= 15 is 0 Å². The standard InChI is InChI=1S/C34H40N2O7/c1-23(19-30(37)38)35-31(39)28(20-24-11-7-5-8-12-24)36-29(32(40)42-22-43-33(41)34(2,3)4)21-25-15-17-27(18-16-25)26-13-9-6-10-14-26/h5-18,23,28-29,36H,19-22H2,1-4H3,(H,35,39)(H,37,38)/t23-,28+,29?/m1/s1. The molecule has 228 valence electrons. The third-order valence-electron chi connectivity index (χ3n) is 6.66. The highest BCUT2D eigenvalue weighted by Crippen LogP contribution is 2.20. The fourth-order valence-electron chi connectivity index (χ4n) is 4.34. The number of amides is 1. The van der Waals surface area contributed by atoms with Crippen LogP contribution in [-0.4, -0.2) is 53.8 Å². The molecule has 0 spiro atoms. The Hall–Kier alpha value is -4.50. The number of hydrogen-bond acceptors (Lipinski definition) is 7. The van der Waals surface area contributed by atoms with Crippen molar-refractivity contribution < 1.29 is 33.8 Å². The lowest BCUT2D eigenvalue weighted by molar-refractivity contribution is -0.174. The average molecular weight is 589 g/mol. The normalized spacial score (nSPS) is 13.3. The molecule has 0 fully saturated rings. The molecule has 0 heterocycles. The molecule has 0 aromatic heterocycles. The van der Waals surface area contributed by atoms with Crippen molar-refractivity contribution in [1.29, 1.82) is 0 Å². The Morgan fingerprint density at radius 3 is 1.86 bits per heavy atom. The predicted molar refractivity (Wildman–Crippen MR) is 163 cm³/mol. The number of carboxylic acids is 1. The van der Waals surface area contributed by atoms with E-state index in [1.807, 2.05) is 84.9 Å². The fourth-order valence-corrected chi connectivity index (χ4v) is 4.34. The number of benzene rings is 3. The molecule has 9 heteroatoms. The van der Waals surface area contributed by atoms with E-state index < -0.39 is 54.1 Å². The number of hydrogen-bond donors (Lipinski definition) is 3. The van der Waals surface area contributed by atoms with E-state index in [-0.39, 0.29) is 19.3 Å². The minimum atomic E-state index is -1.04. The molecule has 1 unspecified atom stereocenters. The average Bonchev–Trinajstić information content (AvgIpc) is 2.96. The van der Waals surface area contributed by atoms with E-state index in [4.69, 9.17) is 14.6 Å². The number of carbonyl (C=O) groups excluding carboxylic acids is 3. The fraction of sp³-hybridized carbons (Fsp3) is 0.353. The minimum absolute atomic E-state index is 0.185. The third-order valence-corrected chi connectivity index (χ3v) is 6.66. The Balaban J connectivity index is 1.83. The Labute approximate surface area is 252 Å². The first-order chi connectivity index (χ1) is 20.4. The first-order valence-electron chi connectivity index (χ1n) is 14.2. The number of rotatable bonds is 14. The molecule has 0 aliphatic carbocycles. The number of esters is 2. The van der Waals surface area contributed by atoms with Gasteiger partial charge in [0.1, 0.15) is 6.04 Å². The van der Waals surface area contributed by atoms with Gasteiger partial charge in [0.2, 0.25) is 12.7 Å². The maximum atomic E-state index is 13.4. The highest BCUT2D eigenvalue weighted by molar-refractivity contribution is 5.84. The van der Waals surface area contributed by atoms with Crippen molar-refractivity contribution in [2.24, 2.45) is 5.41 Å². The zero-order valence-corrected chi connectivity index (χ0v) is 25.0. The molecule has 0 saturated heterocycles. The maximum Gasteiger partial charge on any atom is 0.326 e.